The number of carbonyl (C=O) groups is 1. The van der Waals surface area contributed by atoms with Crippen LogP contribution >= 0.6 is 0 Å². The maximum Gasteiger partial charge on any atom is 0.306 e. The van der Waals surface area contributed by atoms with Gasteiger partial charge in [0.05, 0.1) is 26.4 Å². The Hall–Kier alpha value is -2.57. The zero-order chi connectivity index (χ0) is 50.2. The summed E-state index contributed by atoms with van der Waals surface area (Å²) in [6.45, 7) is 3.43. The first kappa shape index (κ1) is 62.5. The topological polar surface area (TPSA) is 214 Å². The van der Waals surface area contributed by atoms with Crippen molar-refractivity contribution in [2.45, 2.75) is 235 Å². The molecule has 2 fully saturated rings. The third-order valence-electron chi connectivity index (χ3n) is 12.2. The van der Waals surface area contributed by atoms with Gasteiger partial charge in [-0.15, -0.1) is 0 Å². The third-order valence-corrected chi connectivity index (χ3v) is 12.2. The number of ether oxygens (including phenoxy) is 6. The monoisotopic (exact) mass is 979 g/mol. The molecular formula is C55H94O14. The molecule has 2 heterocycles. The first-order valence-electron chi connectivity index (χ1n) is 26.5. The van der Waals surface area contributed by atoms with Crippen LogP contribution in [0.1, 0.15) is 168 Å². The van der Waals surface area contributed by atoms with E-state index in [9.17, 15) is 40.5 Å². The van der Waals surface area contributed by atoms with Crippen LogP contribution in [0, 0.1) is 0 Å². The maximum atomic E-state index is 13.0. The van der Waals surface area contributed by atoms with Gasteiger partial charge in [-0.05, 0) is 77.0 Å². The number of aliphatic hydroxyl groups is 7. The molecule has 2 aliphatic heterocycles. The van der Waals surface area contributed by atoms with E-state index in [4.69, 9.17) is 28.4 Å². The van der Waals surface area contributed by atoms with Crippen LogP contribution in [0.4, 0.5) is 0 Å². The molecule has 2 saturated heterocycles. The van der Waals surface area contributed by atoms with Gasteiger partial charge in [0.2, 0.25) is 0 Å². The molecule has 7 N–H and O–H groups in total. The van der Waals surface area contributed by atoms with Gasteiger partial charge in [0.15, 0.2) is 12.6 Å². The standard InChI is InChI=1S/C55H94O14/c1-3-5-7-9-11-13-15-17-19-21-23-25-27-29-31-33-35-37-39-64-41-44(67-47(57)38-36-34-32-30-28-26-24-22-20-18-16-14-12-10-8-6-4-2)42-65-54-53(63)51(61)49(59)46(69-54)43-66-55-52(62)50(60)48(58)45(40-56)68-55/h5-8,11-14,17-20,44-46,48-56,58-63H,3-4,9-10,15-16,21-43H2,1-2H3/b7-5-,8-6-,13-11-,14-12-,19-17-,20-18-. The van der Waals surface area contributed by atoms with Gasteiger partial charge in [0.1, 0.15) is 54.9 Å². The third kappa shape index (κ3) is 29.5. The molecule has 0 spiro atoms. The molecule has 0 aromatic carbocycles. The van der Waals surface area contributed by atoms with E-state index in [0.29, 0.717) is 13.0 Å². The largest absolute Gasteiger partial charge is 0.457 e. The molecule has 11 atom stereocenters. The lowest BCUT2D eigenvalue weighted by atomic mass is 9.98. The van der Waals surface area contributed by atoms with E-state index in [1.165, 1.54) is 44.9 Å². The minimum atomic E-state index is -1.71. The van der Waals surface area contributed by atoms with Crippen LogP contribution in [0.5, 0.6) is 0 Å². The fourth-order valence-electron chi connectivity index (χ4n) is 7.96. The fourth-order valence-corrected chi connectivity index (χ4v) is 7.96. The summed E-state index contributed by atoms with van der Waals surface area (Å²) in [5.41, 5.74) is 0. The van der Waals surface area contributed by atoms with E-state index in [0.717, 1.165) is 96.3 Å². The lowest BCUT2D eigenvalue weighted by Crippen LogP contribution is -2.61. The lowest BCUT2D eigenvalue weighted by Gasteiger charge is -2.42. The van der Waals surface area contributed by atoms with Crippen LogP contribution in [-0.4, -0.2) is 142 Å². The summed E-state index contributed by atoms with van der Waals surface area (Å²) in [5.74, 6) is -0.392. The van der Waals surface area contributed by atoms with Crippen LogP contribution in [0.15, 0.2) is 72.9 Å². The van der Waals surface area contributed by atoms with Crippen molar-refractivity contribution in [3.8, 4) is 0 Å². The summed E-state index contributed by atoms with van der Waals surface area (Å²) in [6.07, 6.45) is 35.3. The van der Waals surface area contributed by atoms with Crippen molar-refractivity contribution in [3.63, 3.8) is 0 Å². The number of hydrogen-bond acceptors (Lipinski definition) is 14. The Bertz CT molecular complexity index is 1410. The van der Waals surface area contributed by atoms with Gasteiger partial charge in [0, 0.05) is 13.0 Å². The van der Waals surface area contributed by atoms with Gasteiger partial charge in [-0.2, -0.15) is 0 Å². The number of esters is 1. The fraction of sp³-hybridized carbons (Fsp3) is 0.764. The van der Waals surface area contributed by atoms with Gasteiger partial charge in [-0.3, -0.25) is 4.79 Å². The molecule has 0 amide bonds. The average Bonchev–Trinajstić information content (AvgIpc) is 3.35. The summed E-state index contributed by atoms with van der Waals surface area (Å²) < 4.78 is 34.3. The molecule has 14 nitrogen and oxygen atoms in total. The summed E-state index contributed by atoms with van der Waals surface area (Å²) in [5, 5.41) is 72.2. The maximum absolute atomic E-state index is 13.0. The minimum Gasteiger partial charge on any atom is -0.457 e. The smallest absolute Gasteiger partial charge is 0.306 e. The second kappa shape index (κ2) is 42.0. The number of rotatable bonds is 41. The van der Waals surface area contributed by atoms with Crippen molar-refractivity contribution in [2.75, 3.05) is 33.0 Å². The van der Waals surface area contributed by atoms with E-state index in [-0.39, 0.29) is 19.6 Å². The summed E-state index contributed by atoms with van der Waals surface area (Å²) >= 11 is 0. The molecule has 69 heavy (non-hydrogen) atoms. The average molecular weight is 979 g/mol. The molecule has 2 rings (SSSR count). The van der Waals surface area contributed by atoms with Gasteiger partial charge < -0.3 is 64.2 Å². The number of carbonyl (C=O) groups excluding carboxylic acids is 1. The highest BCUT2D eigenvalue weighted by Crippen LogP contribution is 2.26. The molecule has 14 heteroatoms. The van der Waals surface area contributed by atoms with Crippen LogP contribution in [0.3, 0.4) is 0 Å². The van der Waals surface area contributed by atoms with Gasteiger partial charge in [-0.1, -0.05) is 157 Å². The Morgan fingerprint density at radius 2 is 0.899 bits per heavy atom. The highest BCUT2D eigenvalue weighted by atomic mass is 16.7. The predicted molar refractivity (Wildman–Crippen MR) is 270 cm³/mol. The molecule has 0 aromatic heterocycles. The van der Waals surface area contributed by atoms with Gasteiger partial charge in [-0.25, -0.2) is 0 Å². The van der Waals surface area contributed by atoms with Crippen LogP contribution < -0.4 is 0 Å². The van der Waals surface area contributed by atoms with E-state index in [1.807, 2.05) is 0 Å². The van der Waals surface area contributed by atoms with E-state index >= 15 is 0 Å². The summed E-state index contributed by atoms with van der Waals surface area (Å²) in [6, 6.07) is 0. The zero-order valence-electron chi connectivity index (χ0n) is 42.3. The molecule has 0 bridgehead atoms. The second-order valence-corrected chi connectivity index (χ2v) is 18.3. The molecule has 0 saturated carbocycles. The minimum absolute atomic E-state index is 0.0486. The summed E-state index contributed by atoms with van der Waals surface area (Å²) in [4.78, 5) is 13.0. The van der Waals surface area contributed by atoms with Crippen molar-refractivity contribution in [3.05, 3.63) is 72.9 Å². The van der Waals surface area contributed by atoms with E-state index < -0.39 is 86.7 Å². The number of allylic oxidation sites excluding steroid dienone is 12. The Morgan fingerprint density at radius 3 is 1.41 bits per heavy atom. The zero-order valence-corrected chi connectivity index (χ0v) is 42.3. The summed E-state index contributed by atoms with van der Waals surface area (Å²) in [7, 11) is 0. The Morgan fingerprint density at radius 1 is 0.478 bits per heavy atom. The number of hydrogen-bond donors (Lipinski definition) is 7. The van der Waals surface area contributed by atoms with Gasteiger partial charge in [0.25, 0.3) is 0 Å². The first-order valence-corrected chi connectivity index (χ1v) is 26.5. The lowest BCUT2D eigenvalue weighted by molar-refractivity contribution is -0.332. The molecule has 0 aliphatic carbocycles. The number of aliphatic hydroxyl groups excluding tert-OH is 7. The Labute approximate surface area is 415 Å². The molecular weight excluding hydrogens is 885 g/mol. The SMILES string of the molecule is CC/C=C\C/C=C\C/C=C\CCCCCCCCCCOCC(COC1OC(COC2OC(CO)C(O)C(O)C2O)C(O)C(O)C1O)OC(=O)CCCCCCCCC/C=C\C/C=C\C/C=C\CC. The highest BCUT2D eigenvalue weighted by Gasteiger charge is 2.47. The quantitative estimate of drug-likeness (QED) is 0.0175. The molecule has 0 aromatic rings. The molecule has 2 aliphatic rings. The molecule has 398 valence electrons. The van der Waals surface area contributed by atoms with Crippen molar-refractivity contribution in [2.24, 2.45) is 0 Å². The Balaban J connectivity index is 1.76. The van der Waals surface area contributed by atoms with E-state index in [2.05, 4.69) is 86.8 Å². The van der Waals surface area contributed by atoms with Crippen molar-refractivity contribution in [1.29, 1.82) is 0 Å². The first-order chi connectivity index (χ1) is 33.6. The van der Waals surface area contributed by atoms with Crippen LogP contribution in [0.25, 0.3) is 0 Å². The normalized spacial score (nSPS) is 26.3. The van der Waals surface area contributed by atoms with Crippen molar-refractivity contribution >= 4 is 5.97 Å². The molecule has 11 unspecified atom stereocenters. The number of unbranched alkanes of at least 4 members (excludes halogenated alkanes) is 15. The van der Waals surface area contributed by atoms with E-state index in [1.54, 1.807) is 0 Å². The van der Waals surface area contributed by atoms with Crippen LogP contribution in [-0.2, 0) is 33.2 Å². The Kier molecular flexibility index (Phi) is 38.1. The molecule has 0 radical (unpaired) electrons. The second-order valence-electron chi connectivity index (χ2n) is 18.3. The van der Waals surface area contributed by atoms with Gasteiger partial charge >= 0.3 is 5.97 Å². The van der Waals surface area contributed by atoms with Crippen LogP contribution in [0.2, 0.25) is 0 Å². The van der Waals surface area contributed by atoms with Crippen molar-refractivity contribution in [1.82, 2.24) is 0 Å². The highest BCUT2D eigenvalue weighted by molar-refractivity contribution is 5.69. The predicted octanol–water partition coefficient (Wildman–Crippen LogP) is 8.29. The van der Waals surface area contributed by atoms with Crippen molar-refractivity contribution < 1.29 is 69.0 Å².